The fourth-order valence-corrected chi connectivity index (χ4v) is 1.73. The third kappa shape index (κ3) is 2.85. The summed E-state index contributed by atoms with van der Waals surface area (Å²) in [7, 11) is 0. The molecule has 0 spiro atoms. The van der Waals surface area contributed by atoms with Crippen molar-refractivity contribution >= 4 is 27.4 Å². The van der Waals surface area contributed by atoms with Crippen LogP contribution in [0, 0.1) is 0 Å². The summed E-state index contributed by atoms with van der Waals surface area (Å²) in [6.07, 6.45) is 3.10. The monoisotopic (exact) mass is 294 g/mol. The number of aromatic nitrogens is 2. The zero-order valence-corrected chi connectivity index (χ0v) is 10.5. The van der Waals surface area contributed by atoms with Gasteiger partial charge in [0.15, 0.2) is 0 Å². The molecule has 0 fully saturated rings. The Morgan fingerprint density at radius 2 is 2.24 bits per heavy atom. The maximum atomic E-state index is 9.64. The molecule has 5 nitrogen and oxygen atoms in total. The molecule has 0 saturated heterocycles. The number of nitrogens with one attached hydrogen (secondary N) is 1. The fraction of sp³-hybridized carbons (Fsp3) is 0.0909. The van der Waals surface area contributed by atoms with E-state index in [1.807, 2.05) is 0 Å². The van der Waals surface area contributed by atoms with Crippen LogP contribution in [0.5, 0.6) is 5.75 Å². The molecule has 0 aliphatic carbocycles. The van der Waals surface area contributed by atoms with Crippen molar-refractivity contribution in [1.29, 1.82) is 0 Å². The van der Waals surface area contributed by atoms with Crippen molar-refractivity contribution in [1.82, 2.24) is 9.97 Å². The van der Waals surface area contributed by atoms with E-state index < -0.39 is 0 Å². The maximum Gasteiger partial charge on any atom is 0.144 e. The molecule has 88 valence electrons. The van der Waals surface area contributed by atoms with Crippen molar-refractivity contribution in [2.24, 2.45) is 0 Å². The Morgan fingerprint density at radius 1 is 1.41 bits per heavy atom. The van der Waals surface area contributed by atoms with Gasteiger partial charge in [0.2, 0.25) is 0 Å². The number of nitrogens with two attached hydrogens (primary N) is 1. The molecule has 0 radical (unpaired) electrons. The molecule has 4 N–H and O–H groups in total. The number of phenols is 1. The average Bonchev–Trinajstić information content (AvgIpc) is 2.32. The summed E-state index contributed by atoms with van der Waals surface area (Å²) in [5.41, 5.74) is 6.98. The molecule has 0 amide bonds. The molecule has 17 heavy (non-hydrogen) atoms. The van der Waals surface area contributed by atoms with E-state index in [0.717, 1.165) is 10.0 Å². The lowest BCUT2D eigenvalue weighted by Crippen LogP contribution is -2.03. The van der Waals surface area contributed by atoms with Crippen molar-refractivity contribution in [3.05, 3.63) is 40.8 Å². The minimum Gasteiger partial charge on any atom is -0.508 e. The van der Waals surface area contributed by atoms with Crippen LogP contribution in [-0.4, -0.2) is 15.1 Å². The smallest absolute Gasteiger partial charge is 0.144 e. The minimum absolute atomic E-state index is 0.205. The zero-order chi connectivity index (χ0) is 12.3. The van der Waals surface area contributed by atoms with Gasteiger partial charge in [-0.3, -0.25) is 0 Å². The SMILES string of the molecule is Nc1ccc(O)c(CNc2ncncc2Br)c1. The Hall–Kier alpha value is -1.82. The Bertz CT molecular complexity index is 533. The van der Waals surface area contributed by atoms with Gasteiger partial charge in [0.25, 0.3) is 0 Å². The Morgan fingerprint density at radius 3 is 3.00 bits per heavy atom. The molecule has 1 heterocycles. The minimum atomic E-state index is 0.205. The van der Waals surface area contributed by atoms with Crippen LogP contribution >= 0.6 is 15.9 Å². The molecule has 6 heteroatoms. The summed E-state index contributed by atoms with van der Waals surface area (Å²) in [4.78, 5) is 7.93. The van der Waals surface area contributed by atoms with Gasteiger partial charge in [-0.25, -0.2) is 9.97 Å². The topological polar surface area (TPSA) is 84.1 Å². The lowest BCUT2D eigenvalue weighted by atomic mass is 10.2. The molecule has 0 aliphatic heterocycles. The molecule has 0 bridgehead atoms. The second-order valence-corrected chi connectivity index (χ2v) is 4.32. The molecular weight excluding hydrogens is 284 g/mol. The summed E-state index contributed by atoms with van der Waals surface area (Å²) in [6, 6.07) is 4.94. The molecule has 0 unspecified atom stereocenters. The summed E-state index contributed by atoms with van der Waals surface area (Å²) in [5.74, 6) is 0.874. The van der Waals surface area contributed by atoms with Crippen LogP contribution in [0.25, 0.3) is 0 Å². The van der Waals surface area contributed by atoms with E-state index >= 15 is 0 Å². The molecule has 1 aromatic heterocycles. The number of anilines is 2. The normalized spacial score (nSPS) is 10.2. The highest BCUT2D eigenvalue weighted by atomic mass is 79.9. The third-order valence-corrected chi connectivity index (χ3v) is 2.80. The van der Waals surface area contributed by atoms with Crippen molar-refractivity contribution in [2.45, 2.75) is 6.54 Å². The first-order valence-corrected chi connectivity index (χ1v) is 5.73. The first-order chi connectivity index (χ1) is 8.16. The van der Waals surface area contributed by atoms with E-state index in [1.54, 1.807) is 24.4 Å². The Labute approximate surface area is 107 Å². The average molecular weight is 295 g/mol. The standard InChI is InChI=1S/C11H11BrN4O/c12-9-5-14-6-16-11(9)15-4-7-3-8(13)1-2-10(7)17/h1-3,5-6,17H,4,13H2,(H,14,15,16). The van der Waals surface area contributed by atoms with Crippen LogP contribution in [-0.2, 0) is 6.54 Å². The predicted molar refractivity (Wildman–Crippen MR) is 69.6 cm³/mol. The third-order valence-electron chi connectivity index (χ3n) is 2.22. The number of hydrogen-bond acceptors (Lipinski definition) is 5. The molecular formula is C11H11BrN4O. The van der Waals surface area contributed by atoms with E-state index in [1.165, 1.54) is 6.33 Å². The second kappa shape index (κ2) is 5.01. The van der Waals surface area contributed by atoms with Crippen LogP contribution in [0.1, 0.15) is 5.56 Å². The van der Waals surface area contributed by atoms with Gasteiger partial charge in [0.1, 0.15) is 17.9 Å². The van der Waals surface area contributed by atoms with Gasteiger partial charge in [-0.1, -0.05) is 0 Å². The summed E-state index contributed by atoms with van der Waals surface area (Å²) in [6.45, 7) is 0.437. The number of halogens is 1. The van der Waals surface area contributed by atoms with E-state index in [-0.39, 0.29) is 5.75 Å². The Balaban J connectivity index is 2.12. The first kappa shape index (κ1) is 11.7. The van der Waals surface area contributed by atoms with Gasteiger partial charge in [0.05, 0.1) is 4.47 Å². The van der Waals surface area contributed by atoms with Crippen molar-refractivity contribution in [3.8, 4) is 5.75 Å². The van der Waals surface area contributed by atoms with Gasteiger partial charge >= 0.3 is 0 Å². The fourth-order valence-electron chi connectivity index (χ4n) is 1.37. The van der Waals surface area contributed by atoms with Gasteiger partial charge < -0.3 is 16.2 Å². The maximum absolute atomic E-state index is 9.64. The van der Waals surface area contributed by atoms with Crippen LogP contribution in [0.15, 0.2) is 35.2 Å². The first-order valence-electron chi connectivity index (χ1n) is 4.93. The number of hydrogen-bond donors (Lipinski definition) is 3. The number of phenolic OH excluding ortho intramolecular Hbond substituents is 1. The van der Waals surface area contributed by atoms with E-state index in [2.05, 4.69) is 31.2 Å². The van der Waals surface area contributed by atoms with Crippen LogP contribution < -0.4 is 11.1 Å². The zero-order valence-electron chi connectivity index (χ0n) is 8.89. The molecule has 0 aliphatic rings. The van der Waals surface area contributed by atoms with E-state index in [0.29, 0.717) is 18.1 Å². The van der Waals surface area contributed by atoms with Crippen molar-refractivity contribution in [2.75, 3.05) is 11.1 Å². The van der Waals surface area contributed by atoms with Crippen LogP contribution in [0.4, 0.5) is 11.5 Å². The number of nitrogens with zero attached hydrogens (tertiary/aromatic N) is 2. The van der Waals surface area contributed by atoms with Crippen molar-refractivity contribution < 1.29 is 5.11 Å². The van der Waals surface area contributed by atoms with Gasteiger partial charge in [-0.2, -0.15) is 0 Å². The molecule has 0 saturated carbocycles. The number of nitrogen functional groups attached to an aromatic ring is 1. The van der Waals surface area contributed by atoms with E-state index in [9.17, 15) is 5.11 Å². The van der Waals surface area contributed by atoms with Gasteiger partial charge in [0, 0.05) is 24.0 Å². The summed E-state index contributed by atoms with van der Waals surface area (Å²) in [5, 5.41) is 12.7. The lowest BCUT2D eigenvalue weighted by molar-refractivity contribution is 0.469. The van der Waals surface area contributed by atoms with Crippen LogP contribution in [0.3, 0.4) is 0 Å². The molecule has 1 aromatic carbocycles. The molecule has 2 aromatic rings. The number of rotatable bonds is 3. The number of aromatic hydroxyl groups is 1. The van der Waals surface area contributed by atoms with Crippen LogP contribution in [0.2, 0.25) is 0 Å². The quantitative estimate of drug-likeness (QED) is 0.597. The van der Waals surface area contributed by atoms with E-state index in [4.69, 9.17) is 5.73 Å². The molecule has 2 rings (SSSR count). The predicted octanol–water partition coefficient (Wildman–Crippen LogP) is 2.14. The second-order valence-electron chi connectivity index (χ2n) is 3.46. The molecule has 0 atom stereocenters. The lowest BCUT2D eigenvalue weighted by Gasteiger charge is -2.09. The summed E-state index contributed by atoms with van der Waals surface area (Å²) >= 11 is 3.33. The summed E-state index contributed by atoms with van der Waals surface area (Å²) < 4.78 is 0.767. The van der Waals surface area contributed by atoms with Gasteiger partial charge in [-0.15, -0.1) is 0 Å². The highest BCUT2D eigenvalue weighted by Crippen LogP contribution is 2.22. The Kier molecular flexibility index (Phi) is 3.43. The van der Waals surface area contributed by atoms with Crippen molar-refractivity contribution in [3.63, 3.8) is 0 Å². The number of benzene rings is 1. The largest absolute Gasteiger partial charge is 0.508 e. The van der Waals surface area contributed by atoms with Gasteiger partial charge in [-0.05, 0) is 34.1 Å². The highest BCUT2D eigenvalue weighted by Gasteiger charge is 2.04. The highest BCUT2D eigenvalue weighted by molar-refractivity contribution is 9.10.